The third kappa shape index (κ3) is 5.61. The molecule has 0 spiro atoms. The lowest BCUT2D eigenvalue weighted by Gasteiger charge is -2.26. The second-order valence-corrected chi connectivity index (χ2v) is 9.21. The minimum Gasteiger partial charge on any atom is -0.367 e. The highest BCUT2D eigenvalue weighted by Gasteiger charge is 2.31. The normalized spacial score (nSPS) is 16.5. The van der Waals surface area contributed by atoms with Crippen LogP contribution in [0.1, 0.15) is 36.9 Å². The van der Waals surface area contributed by atoms with Crippen molar-refractivity contribution in [2.45, 2.75) is 38.6 Å². The van der Waals surface area contributed by atoms with Crippen molar-refractivity contribution in [3.8, 4) is 11.4 Å². The van der Waals surface area contributed by atoms with Crippen molar-refractivity contribution in [3.63, 3.8) is 0 Å². The zero-order valence-corrected chi connectivity index (χ0v) is 20.4. The minimum absolute atomic E-state index is 0.183. The predicted octanol–water partition coefficient (Wildman–Crippen LogP) is 5.02. The first-order valence-electron chi connectivity index (χ1n) is 12.2. The van der Waals surface area contributed by atoms with Crippen molar-refractivity contribution < 1.29 is 13.2 Å². The van der Waals surface area contributed by atoms with Gasteiger partial charge in [-0.25, -0.2) is 23.7 Å². The molecule has 1 saturated heterocycles. The topological polar surface area (TPSA) is 100 Å². The number of aromatic nitrogens is 4. The van der Waals surface area contributed by atoms with Crippen molar-refractivity contribution in [2.75, 3.05) is 23.7 Å². The zero-order chi connectivity index (χ0) is 25.9. The Kier molecular flexibility index (Phi) is 7.13. The average molecular weight is 509 g/mol. The quantitative estimate of drug-likeness (QED) is 0.290. The van der Waals surface area contributed by atoms with Gasteiger partial charge in [0.25, 0.3) is 5.95 Å². The average Bonchev–Trinajstić information content (AvgIpc) is 3.73. The van der Waals surface area contributed by atoms with E-state index in [0.29, 0.717) is 23.4 Å². The van der Waals surface area contributed by atoms with Gasteiger partial charge in [0.05, 0.1) is 5.69 Å². The lowest BCUT2D eigenvalue weighted by molar-refractivity contribution is 0.467. The van der Waals surface area contributed by atoms with Gasteiger partial charge in [0.1, 0.15) is 11.6 Å². The Balaban J connectivity index is 1.52. The van der Waals surface area contributed by atoms with Gasteiger partial charge in [-0.3, -0.25) is 4.99 Å². The molecule has 1 aliphatic carbocycles. The molecule has 0 atom stereocenters. The maximum Gasteiger partial charge on any atom is 0.251 e. The third-order valence-electron chi connectivity index (χ3n) is 6.46. The van der Waals surface area contributed by atoms with Gasteiger partial charge in [0, 0.05) is 35.6 Å². The molecule has 0 unspecified atom stereocenters. The molecule has 1 aliphatic heterocycles. The highest BCUT2D eigenvalue weighted by molar-refractivity contribution is 5.80. The van der Waals surface area contributed by atoms with E-state index in [1.54, 1.807) is 18.3 Å². The Morgan fingerprint density at radius 1 is 1.05 bits per heavy atom. The smallest absolute Gasteiger partial charge is 0.251 e. The molecule has 3 aromatic heterocycles. The highest BCUT2D eigenvalue weighted by atomic mass is 19.2. The van der Waals surface area contributed by atoms with E-state index >= 15 is 0 Å². The molecule has 2 aliphatic rings. The molecule has 0 amide bonds. The number of rotatable bonds is 8. The van der Waals surface area contributed by atoms with Crippen LogP contribution in [-0.2, 0) is 0 Å². The summed E-state index contributed by atoms with van der Waals surface area (Å²) >= 11 is 0. The standard InChI is InChI=1S/C26H27F3N8/c1-14-22(18(13-30-2)15-3-4-15)26(34-17-6-8-31-9-7-17)37-24(33-14)16-5-10-32-21(11-16)35-25-20(28)12-19(27)23(29)36-25/h5,10-13,15,17,31H,2-4,6-9H2,1H3,(H,32,35,36)(H,33,34,37)/b18-13-. The molecule has 11 heteroatoms. The second-order valence-electron chi connectivity index (χ2n) is 9.21. The molecule has 0 aromatic carbocycles. The van der Waals surface area contributed by atoms with E-state index in [1.165, 1.54) is 6.20 Å². The number of nitrogens with one attached hydrogen (secondary N) is 3. The molecule has 0 bridgehead atoms. The van der Waals surface area contributed by atoms with Crippen LogP contribution in [0, 0.1) is 30.4 Å². The maximum atomic E-state index is 14.1. The Morgan fingerprint density at radius 3 is 2.57 bits per heavy atom. The van der Waals surface area contributed by atoms with Crippen LogP contribution in [0.15, 0.2) is 35.6 Å². The van der Waals surface area contributed by atoms with Gasteiger partial charge in [-0.1, -0.05) is 0 Å². The third-order valence-corrected chi connectivity index (χ3v) is 6.46. The Labute approximate surface area is 212 Å². The first-order chi connectivity index (χ1) is 17.9. The van der Waals surface area contributed by atoms with Gasteiger partial charge in [-0.15, -0.1) is 0 Å². The monoisotopic (exact) mass is 508 g/mol. The van der Waals surface area contributed by atoms with Gasteiger partial charge in [-0.2, -0.15) is 9.37 Å². The van der Waals surface area contributed by atoms with Crippen molar-refractivity contribution in [1.29, 1.82) is 0 Å². The first kappa shape index (κ1) is 24.8. The summed E-state index contributed by atoms with van der Waals surface area (Å²) < 4.78 is 40.9. The molecule has 37 heavy (non-hydrogen) atoms. The second kappa shape index (κ2) is 10.6. The molecule has 0 radical (unpaired) electrons. The summed E-state index contributed by atoms with van der Waals surface area (Å²) in [5.41, 5.74) is 3.43. The Bertz CT molecular complexity index is 1350. The maximum absolute atomic E-state index is 14.1. The minimum atomic E-state index is -1.41. The van der Waals surface area contributed by atoms with Crippen molar-refractivity contribution >= 4 is 29.7 Å². The van der Waals surface area contributed by atoms with Gasteiger partial charge in [-0.05, 0) is 76.0 Å². The van der Waals surface area contributed by atoms with Crippen LogP contribution in [0.2, 0.25) is 0 Å². The van der Waals surface area contributed by atoms with Crippen molar-refractivity contribution in [1.82, 2.24) is 25.3 Å². The van der Waals surface area contributed by atoms with Crippen LogP contribution in [-0.4, -0.2) is 45.8 Å². The number of anilines is 3. The number of pyridine rings is 2. The van der Waals surface area contributed by atoms with E-state index in [1.807, 2.05) is 6.92 Å². The van der Waals surface area contributed by atoms with Gasteiger partial charge < -0.3 is 16.0 Å². The van der Waals surface area contributed by atoms with Crippen LogP contribution < -0.4 is 16.0 Å². The molecule has 1 saturated carbocycles. The van der Waals surface area contributed by atoms with Gasteiger partial charge in [0.15, 0.2) is 23.3 Å². The lowest BCUT2D eigenvalue weighted by atomic mass is 9.99. The molecule has 3 N–H and O–H groups in total. The number of hydrogen-bond donors (Lipinski definition) is 3. The van der Waals surface area contributed by atoms with E-state index in [4.69, 9.17) is 9.97 Å². The van der Waals surface area contributed by atoms with E-state index in [9.17, 15) is 13.2 Å². The fourth-order valence-corrected chi connectivity index (χ4v) is 4.47. The number of halogens is 3. The van der Waals surface area contributed by atoms with Crippen molar-refractivity contribution in [2.24, 2.45) is 10.9 Å². The lowest BCUT2D eigenvalue weighted by Crippen LogP contribution is -2.35. The molecule has 2 fully saturated rings. The van der Waals surface area contributed by atoms with Crippen LogP contribution >= 0.6 is 0 Å². The molecule has 8 nitrogen and oxygen atoms in total. The SMILES string of the molecule is C=N/C=C(\c1c(C)nc(-c2ccnc(Nc3nc(F)c(F)cc3F)c2)nc1NC1CCNCC1)C1CC1. The van der Waals surface area contributed by atoms with Gasteiger partial charge in [0.2, 0.25) is 0 Å². The first-order valence-corrected chi connectivity index (χ1v) is 12.2. The zero-order valence-electron chi connectivity index (χ0n) is 20.4. The fraction of sp³-hybridized carbons (Fsp3) is 0.346. The number of aliphatic imine (C=N–C) groups is 1. The molecule has 3 aromatic rings. The van der Waals surface area contributed by atoms with E-state index < -0.39 is 23.4 Å². The summed E-state index contributed by atoms with van der Waals surface area (Å²) in [4.78, 5) is 21.2. The number of nitrogens with zero attached hydrogens (tertiary/aromatic N) is 5. The molecular weight excluding hydrogens is 481 g/mol. The van der Waals surface area contributed by atoms with Crippen LogP contribution in [0.5, 0.6) is 0 Å². The summed E-state index contributed by atoms with van der Waals surface area (Å²) in [5.74, 6) is -2.51. The fourth-order valence-electron chi connectivity index (χ4n) is 4.47. The van der Waals surface area contributed by atoms with E-state index in [0.717, 1.165) is 61.4 Å². The predicted molar refractivity (Wildman–Crippen MR) is 137 cm³/mol. The summed E-state index contributed by atoms with van der Waals surface area (Å²) in [5, 5.41) is 9.61. The number of aryl methyl sites for hydroxylation is 1. The Morgan fingerprint density at radius 2 is 1.84 bits per heavy atom. The molecule has 192 valence electrons. The summed E-state index contributed by atoms with van der Waals surface area (Å²) in [6.07, 6.45) is 7.41. The molecular formula is C26H27F3N8. The van der Waals surface area contributed by atoms with E-state index in [2.05, 4.69) is 37.6 Å². The summed E-state index contributed by atoms with van der Waals surface area (Å²) in [6.45, 7) is 7.45. The highest BCUT2D eigenvalue weighted by Crippen LogP contribution is 2.45. The summed E-state index contributed by atoms with van der Waals surface area (Å²) in [7, 11) is 0. The molecule has 4 heterocycles. The van der Waals surface area contributed by atoms with Crippen LogP contribution in [0.3, 0.4) is 0 Å². The number of piperidine rings is 1. The Hall–Kier alpha value is -3.86. The number of hydrogen-bond acceptors (Lipinski definition) is 8. The van der Waals surface area contributed by atoms with Crippen LogP contribution in [0.4, 0.5) is 30.6 Å². The number of allylic oxidation sites excluding steroid dienone is 1. The van der Waals surface area contributed by atoms with Crippen LogP contribution in [0.25, 0.3) is 17.0 Å². The van der Waals surface area contributed by atoms with Crippen molar-refractivity contribution in [3.05, 3.63) is 59.4 Å². The molecule has 5 rings (SSSR count). The van der Waals surface area contributed by atoms with E-state index in [-0.39, 0.29) is 11.9 Å². The largest absolute Gasteiger partial charge is 0.367 e. The van der Waals surface area contributed by atoms with Gasteiger partial charge >= 0.3 is 0 Å². The summed E-state index contributed by atoms with van der Waals surface area (Å²) in [6, 6.07) is 4.03.